The molecule has 2 aliphatic heterocycles. The minimum atomic E-state index is -4.49. The van der Waals surface area contributed by atoms with E-state index in [1.54, 1.807) is 12.1 Å². The van der Waals surface area contributed by atoms with Crippen LogP contribution < -0.4 is 9.80 Å². The monoisotopic (exact) mass is 784 g/mol. The van der Waals surface area contributed by atoms with Crippen molar-refractivity contribution >= 4 is 28.5 Å². The largest absolute Gasteiger partial charge is 0.416 e. The van der Waals surface area contributed by atoms with Gasteiger partial charge in [0.1, 0.15) is 5.78 Å². The number of nitrogens with zero attached hydrogens (tertiary/aromatic N) is 6. The maximum Gasteiger partial charge on any atom is 0.416 e. The van der Waals surface area contributed by atoms with Crippen LogP contribution in [0.4, 0.5) is 49.1 Å². The van der Waals surface area contributed by atoms with Crippen molar-refractivity contribution < 1.29 is 41.0 Å². The maximum absolute atomic E-state index is 14.9. The van der Waals surface area contributed by atoms with Crippen LogP contribution in [0.5, 0.6) is 0 Å². The minimum Gasteiger partial charge on any atom is -0.369 e. The highest BCUT2D eigenvalue weighted by Gasteiger charge is 2.36. The number of hydrogen-bond acceptors (Lipinski definition) is 9. The number of nitro groups is 2. The van der Waals surface area contributed by atoms with Crippen molar-refractivity contribution in [2.75, 3.05) is 75.2 Å². The summed E-state index contributed by atoms with van der Waals surface area (Å²) in [6.07, 6.45) is -8.99. The van der Waals surface area contributed by atoms with E-state index in [1.165, 1.54) is 60.7 Å². The van der Waals surface area contributed by atoms with Crippen molar-refractivity contribution in [3.05, 3.63) is 140 Å². The first-order chi connectivity index (χ1) is 26.6. The number of piperazine rings is 2. The predicted molar refractivity (Wildman–Crippen MR) is 197 cm³/mol. The summed E-state index contributed by atoms with van der Waals surface area (Å²) < 4.78 is 80.5. The number of halogens is 6. The Kier molecular flexibility index (Phi) is 11.9. The number of anilines is 2. The van der Waals surface area contributed by atoms with Crippen molar-refractivity contribution in [3.8, 4) is 0 Å². The van der Waals surface area contributed by atoms with E-state index in [0.717, 1.165) is 24.3 Å². The Morgan fingerprint density at radius 2 is 0.893 bits per heavy atom. The standard InChI is InChI=1S/C39H38F6N6O5/c40-38(41,42)29-3-1-5-33(23-29)48-19-15-46(16-20-48)25-35(27-7-11-31(12-8-27)50(53)54)37(52)36(28-9-13-32(14-10-28)51(55)56)26-47-17-21-49(22-18-47)34-6-2-4-30(24-34)39(43,44)45/h1-14,23-24,35-36H,15-22,25-26H2. The van der Waals surface area contributed by atoms with E-state index >= 15 is 0 Å². The first-order valence-electron chi connectivity index (χ1n) is 17.9. The zero-order chi connectivity index (χ0) is 40.2. The number of rotatable bonds is 12. The smallest absolute Gasteiger partial charge is 0.369 e. The Balaban J connectivity index is 1.24. The fraction of sp³-hybridized carbons (Fsp3) is 0.359. The number of nitro benzene ring substituents is 2. The van der Waals surface area contributed by atoms with Crippen LogP contribution >= 0.6 is 0 Å². The maximum atomic E-state index is 14.9. The van der Waals surface area contributed by atoms with Crippen LogP contribution in [0.1, 0.15) is 34.1 Å². The van der Waals surface area contributed by atoms with E-state index in [1.807, 2.05) is 19.6 Å². The second-order valence-corrected chi connectivity index (χ2v) is 13.9. The lowest BCUT2D eigenvalue weighted by Gasteiger charge is -2.39. The molecule has 2 saturated heterocycles. The molecular weight excluding hydrogens is 746 g/mol. The quantitative estimate of drug-likeness (QED) is 0.0813. The minimum absolute atomic E-state index is 0.166. The molecule has 56 heavy (non-hydrogen) atoms. The van der Waals surface area contributed by atoms with Crippen molar-refractivity contribution in [2.45, 2.75) is 24.2 Å². The van der Waals surface area contributed by atoms with Crippen molar-refractivity contribution in [2.24, 2.45) is 0 Å². The van der Waals surface area contributed by atoms with E-state index in [9.17, 15) is 51.4 Å². The first kappa shape index (κ1) is 40.1. The highest BCUT2D eigenvalue weighted by atomic mass is 19.4. The lowest BCUT2D eigenvalue weighted by molar-refractivity contribution is -0.385. The van der Waals surface area contributed by atoms with Crippen molar-refractivity contribution in [3.63, 3.8) is 0 Å². The average molecular weight is 785 g/mol. The first-order valence-corrected chi connectivity index (χ1v) is 17.9. The second-order valence-electron chi connectivity index (χ2n) is 13.9. The van der Waals surface area contributed by atoms with E-state index in [-0.39, 0.29) is 30.2 Å². The normalized spacial score (nSPS) is 17.0. The van der Waals surface area contributed by atoms with Crippen molar-refractivity contribution in [1.82, 2.24) is 9.80 Å². The molecule has 2 aliphatic rings. The molecule has 0 spiro atoms. The third-order valence-electron chi connectivity index (χ3n) is 10.4. The Labute approximate surface area is 318 Å². The number of carbonyl (C=O) groups is 1. The molecule has 0 N–H and O–H groups in total. The summed E-state index contributed by atoms with van der Waals surface area (Å²) in [5.74, 6) is -1.88. The van der Waals surface area contributed by atoms with Crippen LogP contribution in [0.3, 0.4) is 0 Å². The molecule has 11 nitrogen and oxygen atoms in total. The van der Waals surface area contributed by atoms with Gasteiger partial charge in [-0.25, -0.2) is 0 Å². The Morgan fingerprint density at radius 3 is 1.20 bits per heavy atom. The second kappa shape index (κ2) is 16.7. The summed E-state index contributed by atoms with van der Waals surface area (Å²) in [6, 6.07) is 21.5. The summed E-state index contributed by atoms with van der Waals surface area (Å²) in [5, 5.41) is 23.0. The third-order valence-corrected chi connectivity index (χ3v) is 10.4. The van der Waals surface area contributed by atoms with Crippen molar-refractivity contribution in [1.29, 1.82) is 0 Å². The molecule has 4 aromatic carbocycles. The van der Waals surface area contributed by atoms with Crippen LogP contribution in [0.15, 0.2) is 97.1 Å². The number of benzene rings is 4. The molecule has 2 atom stereocenters. The van der Waals surface area contributed by atoms with Gasteiger partial charge in [-0.15, -0.1) is 0 Å². The summed E-state index contributed by atoms with van der Waals surface area (Å²) >= 11 is 0. The predicted octanol–water partition coefficient (Wildman–Crippen LogP) is 7.62. The summed E-state index contributed by atoms with van der Waals surface area (Å²) in [4.78, 5) is 44.5. The topological polar surface area (TPSA) is 116 Å². The highest BCUT2D eigenvalue weighted by molar-refractivity contribution is 5.92. The molecular formula is C39H38F6N6O5. The lowest BCUT2D eigenvalue weighted by atomic mass is 9.82. The fourth-order valence-electron chi connectivity index (χ4n) is 7.27. The van der Waals surface area contributed by atoms with Crippen LogP contribution in [0, 0.1) is 20.2 Å². The number of non-ortho nitro benzene ring substituents is 2. The molecule has 0 saturated carbocycles. The molecule has 0 bridgehead atoms. The SMILES string of the molecule is O=C(C(CN1CCN(c2cccc(C(F)(F)F)c2)CC1)c1ccc([N+](=O)[O-])cc1)C(CN1CCN(c2cccc(C(F)(F)F)c2)CC1)c1ccc([N+](=O)[O-])cc1. The molecule has 4 aromatic rings. The van der Waals surface area contributed by atoms with Crippen LogP contribution in [-0.2, 0) is 17.1 Å². The number of carbonyl (C=O) groups excluding carboxylic acids is 1. The summed E-state index contributed by atoms with van der Waals surface area (Å²) in [7, 11) is 0. The molecule has 2 fully saturated rings. The molecule has 296 valence electrons. The van der Waals surface area contributed by atoms with E-state index in [0.29, 0.717) is 74.9 Å². The van der Waals surface area contributed by atoms with Gasteiger partial charge in [0, 0.05) is 101 Å². The molecule has 2 heterocycles. The zero-order valence-electron chi connectivity index (χ0n) is 30.0. The molecule has 17 heteroatoms. The van der Waals surface area contributed by atoms with Gasteiger partial charge in [-0.3, -0.25) is 34.8 Å². The van der Waals surface area contributed by atoms with E-state index in [4.69, 9.17) is 0 Å². The van der Waals surface area contributed by atoms with Gasteiger partial charge < -0.3 is 9.80 Å². The lowest BCUT2D eigenvalue weighted by Crippen LogP contribution is -2.50. The van der Waals surface area contributed by atoms with Crippen LogP contribution in [0.25, 0.3) is 0 Å². The number of hydrogen-bond donors (Lipinski definition) is 0. The number of ketones is 1. The third kappa shape index (κ3) is 9.63. The van der Waals surface area contributed by atoms with E-state index < -0.39 is 45.2 Å². The van der Waals surface area contributed by atoms with Gasteiger partial charge in [-0.2, -0.15) is 26.3 Å². The van der Waals surface area contributed by atoms with Crippen LogP contribution in [0.2, 0.25) is 0 Å². The molecule has 6 rings (SSSR count). The van der Waals surface area contributed by atoms with Gasteiger partial charge in [-0.05, 0) is 47.5 Å². The van der Waals surface area contributed by atoms with Gasteiger partial charge in [0.2, 0.25) is 0 Å². The summed E-state index contributed by atoms with van der Waals surface area (Å²) in [5.41, 5.74) is 0.0405. The molecule has 0 aromatic heterocycles. The molecule has 2 unspecified atom stereocenters. The summed E-state index contributed by atoms with van der Waals surface area (Å²) in [6.45, 7) is 3.54. The van der Waals surface area contributed by atoms with Gasteiger partial charge in [0.25, 0.3) is 11.4 Å². The Hall–Kier alpha value is -5.55. The fourth-order valence-corrected chi connectivity index (χ4v) is 7.27. The van der Waals surface area contributed by atoms with Gasteiger partial charge >= 0.3 is 12.4 Å². The molecule has 0 amide bonds. The molecule has 0 aliphatic carbocycles. The van der Waals surface area contributed by atoms with E-state index in [2.05, 4.69) is 0 Å². The van der Waals surface area contributed by atoms with Gasteiger partial charge in [0.05, 0.1) is 32.8 Å². The Bertz CT molecular complexity index is 1870. The van der Waals surface area contributed by atoms with Gasteiger partial charge in [0.15, 0.2) is 0 Å². The average Bonchev–Trinajstić information content (AvgIpc) is 3.19. The number of Topliss-reactive ketones (excluding diaryl/α,β-unsaturated/α-hetero) is 1. The van der Waals surface area contributed by atoms with Crippen LogP contribution in [-0.4, -0.2) is 90.9 Å². The zero-order valence-corrected chi connectivity index (χ0v) is 30.0. The molecule has 0 radical (unpaired) electrons. The van der Waals surface area contributed by atoms with Gasteiger partial charge in [-0.1, -0.05) is 36.4 Å². The Morgan fingerprint density at radius 1 is 0.554 bits per heavy atom. The highest BCUT2D eigenvalue weighted by Crippen LogP contribution is 2.35. The number of alkyl halides is 6.